The average Bonchev–Trinajstić information content (AvgIpc) is 2.47. The first kappa shape index (κ1) is 25.8. The first-order chi connectivity index (χ1) is 9.99. The van der Waals surface area contributed by atoms with Crippen molar-refractivity contribution in [1.82, 2.24) is 0 Å². The summed E-state index contributed by atoms with van der Waals surface area (Å²) in [6, 6.07) is 0. The van der Waals surface area contributed by atoms with E-state index in [1.54, 1.807) is 0 Å². The number of hydrogen-bond acceptors (Lipinski definition) is 4. The fourth-order valence-electron chi connectivity index (χ4n) is 2.23. The van der Waals surface area contributed by atoms with E-state index in [0.717, 1.165) is 25.0 Å². The van der Waals surface area contributed by atoms with Gasteiger partial charge in [0.15, 0.2) is 0 Å². The SMILES string of the molecule is CCCCC(CC)COP([O-])(=S)SCC(CC)CCCC.[Mo]. The minimum atomic E-state index is -2.89. The standard InChI is InChI=1S/C16H35O2PS2.Mo/c1-5-9-11-15(7-3)13-18-19(17,20)21-14-16(8-4)12-10-6-2;/h15-16H,5-14H2,1-4H3,(H,17,20);/p-1. The Hall–Kier alpha value is 1.61. The molecule has 22 heavy (non-hydrogen) atoms. The maximum Gasteiger partial charge on any atom is 0.0541 e. The molecule has 0 aromatic heterocycles. The van der Waals surface area contributed by atoms with Gasteiger partial charge in [-0.3, -0.25) is 0 Å². The first-order valence-corrected chi connectivity index (χ1v) is 12.8. The molecule has 2 nitrogen and oxygen atoms in total. The molecule has 0 aliphatic heterocycles. The predicted molar refractivity (Wildman–Crippen MR) is 99.3 cm³/mol. The molecule has 0 aliphatic rings. The van der Waals surface area contributed by atoms with Crippen LogP contribution in [0, 0.1) is 11.8 Å². The molecule has 3 unspecified atom stereocenters. The Bertz CT molecular complexity index is 269. The van der Waals surface area contributed by atoms with Crippen molar-refractivity contribution in [2.45, 2.75) is 79.1 Å². The van der Waals surface area contributed by atoms with Crippen molar-refractivity contribution in [1.29, 1.82) is 0 Å². The third-order valence-corrected chi connectivity index (χ3v) is 8.40. The van der Waals surface area contributed by atoms with Gasteiger partial charge in [0.05, 0.1) is 6.61 Å². The number of unbranched alkanes of at least 4 members (excludes halogenated alkanes) is 2. The molecular formula is C16H34MoO2PS2-. The zero-order valence-corrected chi connectivity index (χ0v) is 19.2. The summed E-state index contributed by atoms with van der Waals surface area (Å²) in [7, 11) is 0. The maximum absolute atomic E-state index is 12.4. The van der Waals surface area contributed by atoms with E-state index in [0.29, 0.717) is 18.4 Å². The topological polar surface area (TPSA) is 32.3 Å². The van der Waals surface area contributed by atoms with E-state index in [1.807, 2.05) is 0 Å². The summed E-state index contributed by atoms with van der Waals surface area (Å²) >= 11 is 6.58. The molecule has 0 spiro atoms. The summed E-state index contributed by atoms with van der Waals surface area (Å²) in [6.45, 7) is 9.34. The molecule has 0 saturated carbocycles. The van der Waals surface area contributed by atoms with Gasteiger partial charge in [-0.25, -0.2) is 0 Å². The molecular weight excluding hydrogens is 415 g/mol. The molecule has 0 N–H and O–H groups in total. The van der Waals surface area contributed by atoms with E-state index in [-0.39, 0.29) is 21.1 Å². The molecule has 0 amide bonds. The molecule has 0 saturated heterocycles. The molecule has 0 rings (SSSR count). The van der Waals surface area contributed by atoms with Crippen LogP contribution in [0.15, 0.2) is 0 Å². The molecule has 3 atom stereocenters. The van der Waals surface area contributed by atoms with Gasteiger partial charge in [-0.1, -0.05) is 78.0 Å². The van der Waals surface area contributed by atoms with Gasteiger partial charge >= 0.3 is 0 Å². The minimum Gasteiger partial charge on any atom is -0.793 e. The van der Waals surface area contributed by atoms with Gasteiger partial charge in [0.1, 0.15) is 0 Å². The van der Waals surface area contributed by atoms with E-state index < -0.39 is 5.69 Å². The monoisotopic (exact) mass is 451 g/mol. The average molecular weight is 449 g/mol. The van der Waals surface area contributed by atoms with E-state index in [4.69, 9.17) is 16.3 Å². The Labute approximate surface area is 162 Å². The zero-order chi connectivity index (χ0) is 16.1. The second kappa shape index (κ2) is 16.1. The van der Waals surface area contributed by atoms with Crippen molar-refractivity contribution in [2.24, 2.45) is 11.8 Å². The van der Waals surface area contributed by atoms with E-state index in [9.17, 15) is 4.89 Å². The fourth-order valence-corrected chi connectivity index (χ4v) is 5.81. The van der Waals surface area contributed by atoms with Crippen molar-refractivity contribution < 1.29 is 30.5 Å². The van der Waals surface area contributed by atoms with Crippen LogP contribution < -0.4 is 4.89 Å². The zero-order valence-electron chi connectivity index (χ0n) is 14.7. The Morgan fingerprint density at radius 2 is 1.50 bits per heavy atom. The Kier molecular flexibility index (Phi) is 18.9. The van der Waals surface area contributed by atoms with Crippen molar-refractivity contribution in [3.05, 3.63) is 0 Å². The van der Waals surface area contributed by atoms with Gasteiger partial charge in [-0.15, -0.1) is 11.4 Å². The summed E-state index contributed by atoms with van der Waals surface area (Å²) < 4.78 is 5.61. The van der Waals surface area contributed by atoms with Gasteiger partial charge in [0.2, 0.25) is 0 Å². The molecule has 0 heterocycles. The molecule has 0 bridgehead atoms. The van der Waals surface area contributed by atoms with Crippen LogP contribution in [0.3, 0.4) is 0 Å². The quantitative estimate of drug-likeness (QED) is 0.250. The number of rotatable bonds is 14. The fraction of sp³-hybridized carbons (Fsp3) is 1.00. The summed E-state index contributed by atoms with van der Waals surface area (Å²) in [5, 5.41) is 0. The van der Waals surface area contributed by atoms with Crippen LogP contribution in [0.5, 0.6) is 0 Å². The maximum atomic E-state index is 12.4. The van der Waals surface area contributed by atoms with Gasteiger partial charge in [0.25, 0.3) is 0 Å². The van der Waals surface area contributed by atoms with Crippen LogP contribution >= 0.6 is 17.1 Å². The second-order valence-electron chi connectivity index (χ2n) is 5.87. The number of hydrogen-bond donors (Lipinski definition) is 0. The van der Waals surface area contributed by atoms with E-state index in [2.05, 4.69) is 27.7 Å². The first-order valence-electron chi connectivity index (χ1n) is 8.59. The van der Waals surface area contributed by atoms with Gasteiger partial charge in [-0.2, -0.15) is 0 Å². The third-order valence-electron chi connectivity index (χ3n) is 4.02. The van der Waals surface area contributed by atoms with Crippen molar-refractivity contribution >= 4 is 28.9 Å². The Morgan fingerprint density at radius 1 is 1.00 bits per heavy atom. The summed E-state index contributed by atoms with van der Waals surface area (Å²) in [6.07, 6.45) is 9.46. The van der Waals surface area contributed by atoms with Crippen LogP contribution in [-0.4, -0.2) is 12.4 Å². The van der Waals surface area contributed by atoms with Crippen LogP contribution in [0.25, 0.3) is 0 Å². The van der Waals surface area contributed by atoms with E-state index in [1.165, 1.54) is 43.5 Å². The molecule has 134 valence electrons. The molecule has 0 aromatic carbocycles. The van der Waals surface area contributed by atoms with Crippen molar-refractivity contribution in [3.8, 4) is 0 Å². The van der Waals surface area contributed by atoms with Crippen LogP contribution in [0.2, 0.25) is 0 Å². The Morgan fingerprint density at radius 3 is 1.95 bits per heavy atom. The minimum absolute atomic E-state index is 0. The van der Waals surface area contributed by atoms with Gasteiger partial charge in [-0.05, 0) is 24.7 Å². The molecule has 0 radical (unpaired) electrons. The van der Waals surface area contributed by atoms with Crippen LogP contribution in [0.1, 0.15) is 79.1 Å². The smallest absolute Gasteiger partial charge is 0.0541 e. The normalized spacial score (nSPS) is 16.6. The molecule has 0 fully saturated rings. The predicted octanol–water partition coefficient (Wildman–Crippen LogP) is 5.75. The van der Waals surface area contributed by atoms with Gasteiger partial charge < -0.3 is 9.42 Å². The van der Waals surface area contributed by atoms with Crippen molar-refractivity contribution in [2.75, 3.05) is 12.4 Å². The van der Waals surface area contributed by atoms with Crippen LogP contribution in [0.4, 0.5) is 0 Å². The summed E-state index contributed by atoms with van der Waals surface area (Å²) in [5.74, 6) is 2.00. The van der Waals surface area contributed by atoms with E-state index >= 15 is 0 Å². The largest absolute Gasteiger partial charge is 0.793 e. The van der Waals surface area contributed by atoms with Crippen LogP contribution in [-0.2, 0) is 37.4 Å². The van der Waals surface area contributed by atoms with Crippen molar-refractivity contribution in [3.63, 3.8) is 0 Å². The second-order valence-corrected chi connectivity index (χ2v) is 12.0. The molecule has 0 aromatic rings. The Balaban J connectivity index is 0. The molecule has 6 heteroatoms. The van der Waals surface area contributed by atoms with Gasteiger partial charge in [0, 0.05) is 32.5 Å². The summed E-state index contributed by atoms with van der Waals surface area (Å²) in [4.78, 5) is 12.4. The summed E-state index contributed by atoms with van der Waals surface area (Å²) in [5.41, 5.74) is -2.89. The third kappa shape index (κ3) is 14.0. The molecule has 0 aliphatic carbocycles.